The van der Waals surface area contributed by atoms with Gasteiger partial charge in [-0.3, -0.25) is 0 Å². The van der Waals surface area contributed by atoms with Gasteiger partial charge in [0.15, 0.2) is 10.8 Å². The van der Waals surface area contributed by atoms with Crippen molar-refractivity contribution in [1.29, 1.82) is 0 Å². The second-order valence-corrected chi connectivity index (χ2v) is 7.35. The number of fused-ring (bicyclic) bond motifs is 1. The predicted octanol–water partition coefficient (Wildman–Crippen LogP) is 4.62. The highest BCUT2D eigenvalue weighted by Crippen LogP contribution is 2.34. The fourth-order valence-electron chi connectivity index (χ4n) is 3.00. The van der Waals surface area contributed by atoms with Crippen molar-refractivity contribution in [1.82, 2.24) is 19.5 Å². The Balaban J connectivity index is 2.14. The molecule has 0 aromatic carbocycles. The molecule has 0 aliphatic heterocycles. The van der Waals surface area contributed by atoms with Crippen molar-refractivity contribution in [3.8, 4) is 17.1 Å². The fourth-order valence-corrected chi connectivity index (χ4v) is 3.23. The van der Waals surface area contributed by atoms with Gasteiger partial charge in [-0.1, -0.05) is 25.4 Å². The third-order valence-electron chi connectivity index (χ3n) is 4.61. The molecule has 3 aromatic rings. The van der Waals surface area contributed by atoms with Crippen LogP contribution in [0.25, 0.3) is 22.4 Å². The van der Waals surface area contributed by atoms with E-state index < -0.39 is 0 Å². The van der Waals surface area contributed by atoms with Crippen LogP contribution < -0.4 is 4.74 Å². The summed E-state index contributed by atoms with van der Waals surface area (Å²) in [5.41, 5.74) is 4.85. The largest absolute Gasteiger partial charge is 0.480 e. The highest BCUT2D eigenvalue weighted by Gasteiger charge is 2.19. The van der Waals surface area contributed by atoms with Crippen LogP contribution >= 0.6 is 11.6 Å². The van der Waals surface area contributed by atoms with Crippen LogP contribution in [0.15, 0.2) is 18.3 Å². The molecule has 3 rings (SSSR count). The van der Waals surface area contributed by atoms with E-state index in [4.69, 9.17) is 26.1 Å². The first-order valence-corrected chi connectivity index (χ1v) is 9.34. The number of methoxy groups -OCH3 is 2. The quantitative estimate of drug-likeness (QED) is 0.616. The normalized spacial score (nSPS) is 12.7. The van der Waals surface area contributed by atoms with E-state index in [1.165, 1.54) is 0 Å². The number of hydrogen-bond donors (Lipinski definition) is 0. The van der Waals surface area contributed by atoms with Crippen molar-refractivity contribution in [2.75, 3.05) is 14.2 Å². The minimum atomic E-state index is 0.0631. The summed E-state index contributed by atoms with van der Waals surface area (Å²) in [4.78, 5) is 14.0. The summed E-state index contributed by atoms with van der Waals surface area (Å²) in [6.45, 7) is 8.89. The van der Waals surface area contributed by atoms with Crippen molar-refractivity contribution in [2.45, 2.75) is 46.3 Å². The average Bonchev–Trinajstić information content (AvgIpc) is 2.94. The van der Waals surface area contributed by atoms with E-state index in [9.17, 15) is 0 Å². The first-order chi connectivity index (χ1) is 12.8. The number of hydrogen-bond acceptors (Lipinski definition) is 5. The van der Waals surface area contributed by atoms with Crippen LogP contribution in [-0.2, 0) is 11.3 Å². The summed E-state index contributed by atoms with van der Waals surface area (Å²) >= 11 is 6.52. The Bertz CT molecular complexity index is 968. The Morgan fingerprint density at radius 3 is 2.48 bits per heavy atom. The summed E-state index contributed by atoms with van der Waals surface area (Å²) < 4.78 is 12.9. The molecule has 0 radical (unpaired) electrons. The van der Waals surface area contributed by atoms with Crippen LogP contribution in [0, 0.1) is 6.92 Å². The number of nitrogens with zero attached hydrogens (tertiary/aromatic N) is 4. The van der Waals surface area contributed by atoms with E-state index in [2.05, 4.69) is 23.8 Å². The van der Waals surface area contributed by atoms with Crippen LogP contribution in [0.3, 0.4) is 0 Å². The molecular formula is C20H25ClN4O2. The van der Waals surface area contributed by atoms with Gasteiger partial charge in [0.05, 0.1) is 25.3 Å². The van der Waals surface area contributed by atoms with Crippen molar-refractivity contribution < 1.29 is 9.47 Å². The molecule has 27 heavy (non-hydrogen) atoms. The van der Waals surface area contributed by atoms with E-state index >= 15 is 0 Å². The average molecular weight is 389 g/mol. The Morgan fingerprint density at radius 2 is 1.85 bits per heavy atom. The van der Waals surface area contributed by atoms with Crippen molar-refractivity contribution in [2.24, 2.45) is 0 Å². The molecule has 0 bridgehead atoms. The number of pyridine rings is 1. The molecule has 144 valence electrons. The second kappa shape index (κ2) is 7.82. The molecular weight excluding hydrogens is 364 g/mol. The summed E-state index contributed by atoms with van der Waals surface area (Å²) in [6.07, 6.45) is 2.09. The van der Waals surface area contributed by atoms with Crippen LogP contribution in [0.5, 0.6) is 5.88 Å². The van der Waals surface area contributed by atoms with E-state index in [0.717, 1.165) is 28.0 Å². The zero-order valence-corrected chi connectivity index (χ0v) is 17.3. The summed E-state index contributed by atoms with van der Waals surface area (Å²) in [7, 11) is 3.30. The highest BCUT2D eigenvalue weighted by atomic mass is 35.5. The van der Waals surface area contributed by atoms with Gasteiger partial charge in [0, 0.05) is 19.0 Å². The standard InChI is InChI=1S/C20H25ClN4O2/c1-11(2)15-8-7-14(20(22-15)27-6)17-18(21)24-19-16(23-17)12(3)9-25(19)10-13(4)26-5/h7-9,11,13H,10H2,1-6H3. The summed E-state index contributed by atoms with van der Waals surface area (Å²) in [5.74, 6) is 0.804. The van der Waals surface area contributed by atoms with Gasteiger partial charge in [-0.25, -0.2) is 15.0 Å². The molecule has 0 aliphatic rings. The predicted molar refractivity (Wildman–Crippen MR) is 108 cm³/mol. The topological polar surface area (TPSA) is 62.1 Å². The molecule has 0 saturated carbocycles. The number of rotatable bonds is 6. The van der Waals surface area contributed by atoms with Crippen LogP contribution in [0.1, 0.15) is 37.9 Å². The van der Waals surface area contributed by atoms with Crippen LogP contribution in [0.2, 0.25) is 5.15 Å². The Kier molecular flexibility index (Phi) is 5.67. The SMILES string of the molecule is COc1nc(C(C)C)ccc1-c1nc2c(C)cn(CC(C)OC)c2nc1Cl. The van der Waals surface area contributed by atoms with Gasteiger partial charge >= 0.3 is 0 Å². The lowest BCUT2D eigenvalue weighted by Crippen LogP contribution is -2.14. The molecule has 3 aromatic heterocycles. The lowest BCUT2D eigenvalue weighted by Gasteiger charge is -2.13. The van der Waals surface area contributed by atoms with E-state index in [-0.39, 0.29) is 6.10 Å². The van der Waals surface area contributed by atoms with Gasteiger partial charge in [0.25, 0.3) is 0 Å². The molecule has 0 amide bonds. The molecule has 7 heteroatoms. The zero-order valence-electron chi connectivity index (χ0n) is 16.6. The van der Waals surface area contributed by atoms with E-state index in [0.29, 0.717) is 29.2 Å². The summed E-state index contributed by atoms with van der Waals surface area (Å²) in [5, 5.41) is 0.323. The minimum absolute atomic E-state index is 0.0631. The molecule has 0 fully saturated rings. The summed E-state index contributed by atoms with van der Waals surface area (Å²) in [6, 6.07) is 3.92. The molecule has 6 nitrogen and oxygen atoms in total. The molecule has 0 N–H and O–H groups in total. The molecule has 0 saturated heterocycles. The van der Waals surface area contributed by atoms with Gasteiger partial charge in [0.1, 0.15) is 11.2 Å². The molecule has 0 spiro atoms. The van der Waals surface area contributed by atoms with Crippen LogP contribution in [-0.4, -0.2) is 39.8 Å². The Hall–Kier alpha value is -2.18. The third-order valence-corrected chi connectivity index (χ3v) is 4.87. The monoisotopic (exact) mass is 388 g/mol. The van der Waals surface area contributed by atoms with Gasteiger partial charge < -0.3 is 14.0 Å². The Labute approximate surface area is 164 Å². The Morgan fingerprint density at radius 1 is 1.11 bits per heavy atom. The van der Waals surface area contributed by atoms with Crippen molar-refractivity contribution >= 4 is 22.8 Å². The first kappa shape index (κ1) is 19.6. The van der Waals surface area contributed by atoms with Gasteiger partial charge in [-0.2, -0.15) is 0 Å². The van der Waals surface area contributed by atoms with Gasteiger partial charge in [-0.15, -0.1) is 0 Å². The lowest BCUT2D eigenvalue weighted by atomic mass is 10.1. The van der Waals surface area contributed by atoms with Crippen molar-refractivity contribution in [3.63, 3.8) is 0 Å². The number of aryl methyl sites for hydroxylation is 1. The number of aromatic nitrogens is 4. The van der Waals surface area contributed by atoms with E-state index in [1.54, 1.807) is 14.2 Å². The van der Waals surface area contributed by atoms with Gasteiger partial charge in [-0.05, 0) is 37.5 Å². The van der Waals surface area contributed by atoms with Crippen molar-refractivity contribution in [3.05, 3.63) is 34.7 Å². The maximum absolute atomic E-state index is 6.52. The number of halogens is 1. The highest BCUT2D eigenvalue weighted by molar-refractivity contribution is 6.32. The third kappa shape index (κ3) is 3.77. The minimum Gasteiger partial charge on any atom is -0.480 e. The lowest BCUT2D eigenvalue weighted by molar-refractivity contribution is 0.104. The number of ether oxygens (including phenoxy) is 2. The molecule has 3 heterocycles. The first-order valence-electron chi connectivity index (χ1n) is 8.96. The molecule has 0 aliphatic carbocycles. The maximum atomic E-state index is 6.52. The molecule has 1 unspecified atom stereocenters. The zero-order chi connectivity index (χ0) is 19.7. The van der Waals surface area contributed by atoms with Gasteiger partial charge in [0.2, 0.25) is 5.88 Å². The van der Waals surface area contributed by atoms with Crippen LogP contribution in [0.4, 0.5) is 0 Å². The fraction of sp³-hybridized carbons (Fsp3) is 0.450. The second-order valence-electron chi connectivity index (χ2n) is 6.99. The smallest absolute Gasteiger partial charge is 0.223 e. The molecule has 1 atom stereocenters. The maximum Gasteiger partial charge on any atom is 0.223 e. The van der Waals surface area contributed by atoms with E-state index in [1.807, 2.05) is 36.7 Å².